The summed E-state index contributed by atoms with van der Waals surface area (Å²) in [5, 5.41) is 5.72. The lowest BCUT2D eigenvalue weighted by Gasteiger charge is -2.26. The van der Waals surface area contributed by atoms with Gasteiger partial charge in [0.05, 0.1) is 13.2 Å². The molecule has 0 atom stereocenters. The Balaban J connectivity index is 1.77. The van der Waals surface area contributed by atoms with Crippen LogP contribution >= 0.6 is 0 Å². The van der Waals surface area contributed by atoms with E-state index in [1.807, 2.05) is 14.1 Å². The molecule has 144 valence electrons. The highest BCUT2D eigenvalue weighted by Gasteiger charge is 2.13. The van der Waals surface area contributed by atoms with Crippen LogP contribution in [0.1, 0.15) is 27.3 Å². The number of nitrogens with zero attached hydrogens (tertiary/aromatic N) is 3. The molecule has 0 bridgehead atoms. The highest BCUT2D eigenvalue weighted by molar-refractivity contribution is 5.98. The number of carbonyl (C=O) groups is 2. The quantitative estimate of drug-likeness (QED) is 0.592. The van der Waals surface area contributed by atoms with E-state index in [4.69, 9.17) is 4.74 Å². The molecule has 0 radical (unpaired) electrons. The molecular formula is C18H29N5O3. The lowest BCUT2D eigenvalue weighted by atomic mass is 10.2. The Morgan fingerprint density at radius 1 is 1.19 bits per heavy atom. The minimum Gasteiger partial charge on any atom is -0.379 e. The Morgan fingerprint density at radius 3 is 2.65 bits per heavy atom. The molecule has 26 heavy (non-hydrogen) atoms. The molecule has 0 saturated carbocycles. The Morgan fingerprint density at radius 2 is 1.92 bits per heavy atom. The van der Waals surface area contributed by atoms with Crippen molar-refractivity contribution in [2.24, 2.45) is 0 Å². The van der Waals surface area contributed by atoms with Crippen molar-refractivity contribution >= 4 is 11.8 Å². The van der Waals surface area contributed by atoms with Crippen LogP contribution in [-0.4, -0.2) is 93.2 Å². The van der Waals surface area contributed by atoms with Gasteiger partial charge in [0.25, 0.3) is 11.8 Å². The normalized spacial score (nSPS) is 15.0. The van der Waals surface area contributed by atoms with E-state index in [9.17, 15) is 9.59 Å². The van der Waals surface area contributed by atoms with Gasteiger partial charge in [-0.1, -0.05) is 0 Å². The fraction of sp³-hybridized carbons (Fsp3) is 0.611. The van der Waals surface area contributed by atoms with Crippen LogP contribution in [0.2, 0.25) is 0 Å². The zero-order chi connectivity index (χ0) is 18.8. The summed E-state index contributed by atoms with van der Waals surface area (Å²) in [6.45, 7) is 6.10. The van der Waals surface area contributed by atoms with Gasteiger partial charge in [-0.25, -0.2) is 0 Å². The van der Waals surface area contributed by atoms with E-state index < -0.39 is 0 Å². The Labute approximate surface area is 154 Å². The molecule has 1 fully saturated rings. The first-order valence-corrected chi connectivity index (χ1v) is 9.03. The summed E-state index contributed by atoms with van der Waals surface area (Å²) < 4.78 is 5.30. The van der Waals surface area contributed by atoms with Crippen LogP contribution in [0, 0.1) is 0 Å². The first-order chi connectivity index (χ1) is 12.6. The first kappa shape index (κ1) is 20.3. The van der Waals surface area contributed by atoms with Crippen LogP contribution in [0.15, 0.2) is 18.3 Å². The standard InChI is InChI=1S/C18H29N5O3/c1-22(2)8-3-5-20-18(25)16-14-15(4-6-19-16)17(24)21-7-9-23-10-12-26-13-11-23/h4,6,14H,3,5,7-13H2,1-2H3,(H,20,25)(H,21,24). The molecule has 0 aromatic carbocycles. The van der Waals surface area contributed by atoms with E-state index in [0.717, 1.165) is 45.8 Å². The van der Waals surface area contributed by atoms with Crippen LogP contribution < -0.4 is 10.6 Å². The van der Waals surface area contributed by atoms with Crippen LogP contribution in [0.25, 0.3) is 0 Å². The van der Waals surface area contributed by atoms with Gasteiger partial charge >= 0.3 is 0 Å². The molecule has 1 aliphatic heterocycles. The zero-order valence-electron chi connectivity index (χ0n) is 15.7. The molecule has 0 unspecified atom stereocenters. The lowest BCUT2D eigenvalue weighted by molar-refractivity contribution is 0.0383. The van der Waals surface area contributed by atoms with Crippen LogP contribution in [-0.2, 0) is 4.74 Å². The maximum Gasteiger partial charge on any atom is 0.269 e. The molecule has 8 nitrogen and oxygen atoms in total. The van der Waals surface area contributed by atoms with E-state index >= 15 is 0 Å². The van der Waals surface area contributed by atoms with Crippen molar-refractivity contribution in [1.29, 1.82) is 0 Å². The maximum atomic E-state index is 12.3. The second kappa shape index (κ2) is 10.8. The number of amides is 2. The second-order valence-electron chi connectivity index (χ2n) is 6.55. The van der Waals surface area contributed by atoms with Crippen LogP contribution in [0.4, 0.5) is 0 Å². The van der Waals surface area contributed by atoms with Crippen molar-refractivity contribution in [3.8, 4) is 0 Å². The van der Waals surface area contributed by atoms with Crippen LogP contribution in [0.3, 0.4) is 0 Å². The van der Waals surface area contributed by atoms with Crippen molar-refractivity contribution in [3.63, 3.8) is 0 Å². The molecule has 8 heteroatoms. The third-order valence-corrected chi connectivity index (χ3v) is 4.14. The molecule has 2 rings (SSSR count). The lowest BCUT2D eigenvalue weighted by Crippen LogP contribution is -2.41. The molecule has 1 aliphatic rings. The number of pyridine rings is 1. The minimum atomic E-state index is -0.258. The topological polar surface area (TPSA) is 86.8 Å². The van der Waals surface area contributed by atoms with Crippen molar-refractivity contribution in [1.82, 2.24) is 25.4 Å². The number of carbonyl (C=O) groups excluding carboxylic acids is 2. The highest BCUT2D eigenvalue weighted by atomic mass is 16.5. The number of aromatic nitrogens is 1. The van der Waals surface area contributed by atoms with Crippen molar-refractivity contribution in [2.45, 2.75) is 6.42 Å². The molecule has 0 aliphatic carbocycles. The maximum absolute atomic E-state index is 12.3. The van der Waals surface area contributed by atoms with E-state index in [-0.39, 0.29) is 17.5 Å². The van der Waals surface area contributed by atoms with Gasteiger partial charge in [-0.3, -0.25) is 19.5 Å². The van der Waals surface area contributed by atoms with E-state index in [2.05, 4.69) is 25.4 Å². The Kier molecular flexibility index (Phi) is 8.46. The predicted molar refractivity (Wildman–Crippen MR) is 99.3 cm³/mol. The largest absolute Gasteiger partial charge is 0.379 e. The molecule has 2 N–H and O–H groups in total. The van der Waals surface area contributed by atoms with Gasteiger partial charge in [0.1, 0.15) is 5.69 Å². The molecule has 1 aromatic rings. The summed E-state index contributed by atoms with van der Waals surface area (Å²) in [6.07, 6.45) is 2.35. The van der Waals surface area contributed by atoms with E-state index in [1.165, 1.54) is 12.3 Å². The van der Waals surface area contributed by atoms with Gasteiger partial charge in [0, 0.05) is 44.5 Å². The molecule has 0 spiro atoms. The average Bonchev–Trinajstić information content (AvgIpc) is 2.66. The van der Waals surface area contributed by atoms with Gasteiger partial charge in [-0.2, -0.15) is 0 Å². The summed E-state index contributed by atoms with van der Waals surface area (Å²) in [5.74, 6) is -0.450. The smallest absolute Gasteiger partial charge is 0.269 e. The number of morpholine rings is 1. The summed E-state index contributed by atoms with van der Waals surface area (Å²) in [6, 6.07) is 3.15. The Hall–Kier alpha value is -2.03. The van der Waals surface area contributed by atoms with Crippen LogP contribution in [0.5, 0.6) is 0 Å². The fourth-order valence-corrected chi connectivity index (χ4v) is 2.64. The molecule has 1 aromatic heterocycles. The van der Waals surface area contributed by atoms with E-state index in [0.29, 0.717) is 18.7 Å². The average molecular weight is 363 g/mol. The monoisotopic (exact) mass is 363 g/mol. The highest BCUT2D eigenvalue weighted by Crippen LogP contribution is 2.02. The van der Waals surface area contributed by atoms with Crippen molar-refractivity contribution < 1.29 is 14.3 Å². The molecular weight excluding hydrogens is 334 g/mol. The minimum absolute atomic E-state index is 0.192. The van der Waals surface area contributed by atoms with Crippen molar-refractivity contribution in [3.05, 3.63) is 29.6 Å². The second-order valence-corrected chi connectivity index (χ2v) is 6.55. The van der Waals surface area contributed by atoms with Gasteiger partial charge < -0.3 is 20.3 Å². The van der Waals surface area contributed by atoms with Gasteiger partial charge in [0.15, 0.2) is 0 Å². The fourth-order valence-electron chi connectivity index (χ4n) is 2.64. The third kappa shape index (κ3) is 7.07. The molecule has 1 saturated heterocycles. The summed E-state index contributed by atoms with van der Waals surface area (Å²) in [4.78, 5) is 32.8. The van der Waals surface area contributed by atoms with E-state index in [1.54, 1.807) is 6.07 Å². The SMILES string of the molecule is CN(C)CCCNC(=O)c1cc(C(=O)NCCN2CCOCC2)ccn1. The number of hydrogen-bond donors (Lipinski definition) is 2. The summed E-state index contributed by atoms with van der Waals surface area (Å²) >= 11 is 0. The van der Waals surface area contributed by atoms with Gasteiger partial charge in [-0.05, 0) is 39.2 Å². The van der Waals surface area contributed by atoms with Gasteiger partial charge in [-0.15, -0.1) is 0 Å². The number of ether oxygens (including phenoxy) is 1. The molecule has 2 amide bonds. The Bertz CT molecular complexity index is 588. The third-order valence-electron chi connectivity index (χ3n) is 4.14. The summed E-state index contributed by atoms with van der Waals surface area (Å²) in [7, 11) is 3.98. The predicted octanol–water partition coefficient (Wildman–Crippen LogP) is -0.175. The first-order valence-electron chi connectivity index (χ1n) is 9.03. The molecule has 2 heterocycles. The number of hydrogen-bond acceptors (Lipinski definition) is 6. The number of nitrogens with one attached hydrogen (secondary N) is 2. The van der Waals surface area contributed by atoms with Crippen molar-refractivity contribution in [2.75, 3.05) is 66.6 Å². The zero-order valence-corrected chi connectivity index (χ0v) is 15.7. The van der Waals surface area contributed by atoms with Gasteiger partial charge in [0.2, 0.25) is 0 Å². The number of rotatable bonds is 9. The summed E-state index contributed by atoms with van der Waals surface area (Å²) in [5.41, 5.74) is 0.705.